The standard InChI is InChI=1S/C17H14FN7/c1-10-9-14(23-22-10)20-16-13-3-2-8-25(13)24-17(21-16)15(19)11-4-6-12(18)7-5-11/h2-9,19H,1H3,(H2,20,21,22,23,24). The van der Waals surface area contributed by atoms with E-state index in [4.69, 9.17) is 5.41 Å². The van der Waals surface area contributed by atoms with Gasteiger partial charge in [0.2, 0.25) is 5.82 Å². The Morgan fingerprint density at radius 1 is 1.24 bits per heavy atom. The minimum atomic E-state index is -0.352. The number of rotatable bonds is 4. The molecule has 0 saturated carbocycles. The lowest BCUT2D eigenvalue weighted by molar-refractivity contribution is 0.628. The number of nitrogens with zero attached hydrogens (tertiary/aromatic N) is 4. The number of aromatic amines is 1. The molecule has 3 N–H and O–H groups in total. The van der Waals surface area contributed by atoms with Crippen LogP contribution in [0.25, 0.3) is 5.52 Å². The molecule has 4 rings (SSSR count). The summed E-state index contributed by atoms with van der Waals surface area (Å²) >= 11 is 0. The quantitative estimate of drug-likeness (QED) is 0.500. The van der Waals surface area contributed by atoms with Gasteiger partial charge in [0.1, 0.15) is 17.0 Å². The molecule has 0 aliphatic rings. The van der Waals surface area contributed by atoms with Crippen molar-refractivity contribution in [3.05, 3.63) is 71.6 Å². The van der Waals surface area contributed by atoms with Crippen LogP contribution in [0.1, 0.15) is 17.1 Å². The maximum Gasteiger partial charge on any atom is 0.200 e. The molecule has 0 bridgehead atoms. The lowest BCUT2D eigenvalue weighted by atomic mass is 10.1. The van der Waals surface area contributed by atoms with Gasteiger partial charge in [0.25, 0.3) is 0 Å². The topological polar surface area (TPSA) is 94.8 Å². The van der Waals surface area contributed by atoms with E-state index in [0.717, 1.165) is 11.2 Å². The predicted octanol–water partition coefficient (Wildman–Crippen LogP) is 3.06. The molecule has 8 heteroatoms. The van der Waals surface area contributed by atoms with Crippen molar-refractivity contribution in [3.8, 4) is 0 Å². The summed E-state index contributed by atoms with van der Waals surface area (Å²) in [5.74, 6) is 1.03. The van der Waals surface area contributed by atoms with E-state index in [9.17, 15) is 4.39 Å². The van der Waals surface area contributed by atoms with Gasteiger partial charge in [-0.25, -0.2) is 13.9 Å². The summed E-state index contributed by atoms with van der Waals surface area (Å²) in [6.45, 7) is 1.90. The Morgan fingerprint density at radius 2 is 2.04 bits per heavy atom. The van der Waals surface area contributed by atoms with E-state index in [-0.39, 0.29) is 17.4 Å². The first-order valence-corrected chi connectivity index (χ1v) is 7.59. The molecule has 7 nitrogen and oxygen atoms in total. The van der Waals surface area contributed by atoms with E-state index >= 15 is 0 Å². The first kappa shape index (κ1) is 15.0. The normalized spacial score (nSPS) is 11.0. The highest BCUT2D eigenvalue weighted by Gasteiger charge is 2.14. The molecule has 0 fully saturated rings. The molecule has 0 aliphatic heterocycles. The van der Waals surface area contributed by atoms with Gasteiger partial charge >= 0.3 is 0 Å². The average Bonchev–Trinajstić information content (AvgIpc) is 3.23. The van der Waals surface area contributed by atoms with Crippen LogP contribution < -0.4 is 5.32 Å². The number of fused-ring (bicyclic) bond motifs is 1. The van der Waals surface area contributed by atoms with Gasteiger partial charge < -0.3 is 5.32 Å². The van der Waals surface area contributed by atoms with Crippen molar-refractivity contribution in [2.45, 2.75) is 6.92 Å². The van der Waals surface area contributed by atoms with Crippen LogP contribution in [-0.2, 0) is 0 Å². The smallest absolute Gasteiger partial charge is 0.200 e. The van der Waals surface area contributed by atoms with Gasteiger partial charge in [-0.1, -0.05) is 0 Å². The molecule has 0 radical (unpaired) electrons. The number of anilines is 2. The molecule has 1 aromatic carbocycles. The minimum absolute atomic E-state index is 0.108. The van der Waals surface area contributed by atoms with Crippen LogP contribution in [0.15, 0.2) is 48.7 Å². The summed E-state index contributed by atoms with van der Waals surface area (Å²) in [5, 5.41) is 22.8. The number of hydrogen-bond acceptors (Lipinski definition) is 5. The molecular weight excluding hydrogens is 321 g/mol. The fourth-order valence-corrected chi connectivity index (χ4v) is 2.48. The highest BCUT2D eigenvalue weighted by molar-refractivity contribution is 6.08. The molecule has 0 saturated heterocycles. The van der Waals surface area contributed by atoms with E-state index < -0.39 is 0 Å². The number of hydrogen-bond donors (Lipinski definition) is 3. The second-order valence-electron chi connectivity index (χ2n) is 5.57. The third-order valence-corrected chi connectivity index (χ3v) is 3.70. The summed E-state index contributed by atoms with van der Waals surface area (Å²) in [4.78, 5) is 4.46. The summed E-state index contributed by atoms with van der Waals surface area (Å²) in [5.41, 5.74) is 2.32. The summed E-state index contributed by atoms with van der Waals surface area (Å²) in [6, 6.07) is 11.2. The second kappa shape index (κ2) is 5.82. The number of halogens is 1. The van der Waals surface area contributed by atoms with Crippen molar-refractivity contribution in [2.24, 2.45) is 0 Å². The zero-order chi connectivity index (χ0) is 17.4. The molecule has 0 amide bonds. The first-order valence-electron chi connectivity index (χ1n) is 7.59. The van der Waals surface area contributed by atoms with Gasteiger partial charge in [-0.2, -0.15) is 5.10 Å². The highest BCUT2D eigenvalue weighted by Crippen LogP contribution is 2.20. The SMILES string of the molecule is Cc1cc(Nc2nc(C(=N)c3ccc(F)cc3)nn3cccc23)n[nH]1. The van der Waals surface area contributed by atoms with Gasteiger partial charge in [-0.05, 0) is 43.3 Å². The van der Waals surface area contributed by atoms with Crippen LogP contribution in [0.4, 0.5) is 16.0 Å². The average molecular weight is 335 g/mol. The van der Waals surface area contributed by atoms with Crippen LogP contribution in [0.3, 0.4) is 0 Å². The van der Waals surface area contributed by atoms with Gasteiger partial charge in [-0.15, -0.1) is 5.10 Å². The largest absolute Gasteiger partial charge is 0.322 e. The first-order chi connectivity index (χ1) is 12.1. The summed E-state index contributed by atoms with van der Waals surface area (Å²) in [7, 11) is 0. The molecule has 3 aromatic heterocycles. The lowest BCUT2D eigenvalue weighted by Crippen LogP contribution is -2.12. The Hall–Kier alpha value is -3.55. The Kier molecular flexibility index (Phi) is 3.50. The van der Waals surface area contributed by atoms with Crippen molar-refractivity contribution in [2.75, 3.05) is 5.32 Å². The van der Waals surface area contributed by atoms with Gasteiger partial charge in [0.05, 0.1) is 0 Å². The molecular formula is C17H14FN7. The second-order valence-corrected chi connectivity index (χ2v) is 5.57. The zero-order valence-electron chi connectivity index (χ0n) is 13.3. The van der Waals surface area contributed by atoms with Gasteiger partial charge in [0, 0.05) is 23.5 Å². The maximum atomic E-state index is 13.1. The van der Waals surface area contributed by atoms with E-state index in [1.807, 2.05) is 25.1 Å². The van der Waals surface area contributed by atoms with E-state index in [1.165, 1.54) is 24.3 Å². The lowest BCUT2D eigenvalue weighted by Gasteiger charge is -2.09. The van der Waals surface area contributed by atoms with Crippen LogP contribution in [0.5, 0.6) is 0 Å². The van der Waals surface area contributed by atoms with Crippen molar-refractivity contribution in [1.82, 2.24) is 24.8 Å². The monoisotopic (exact) mass is 335 g/mol. The minimum Gasteiger partial charge on any atom is -0.322 e. The van der Waals surface area contributed by atoms with E-state index in [0.29, 0.717) is 17.2 Å². The molecule has 4 aromatic rings. The van der Waals surface area contributed by atoms with Crippen LogP contribution in [-0.4, -0.2) is 30.5 Å². The Bertz CT molecular complexity index is 1060. The molecule has 0 aliphatic carbocycles. The number of benzene rings is 1. The number of H-pyrrole nitrogens is 1. The Morgan fingerprint density at radius 3 is 2.76 bits per heavy atom. The number of aromatic nitrogens is 5. The zero-order valence-corrected chi connectivity index (χ0v) is 13.3. The molecule has 3 heterocycles. The van der Waals surface area contributed by atoms with Crippen molar-refractivity contribution >= 4 is 22.9 Å². The van der Waals surface area contributed by atoms with Crippen LogP contribution in [0, 0.1) is 18.2 Å². The number of nitrogens with one attached hydrogen (secondary N) is 3. The Labute approximate surface area is 142 Å². The molecule has 0 unspecified atom stereocenters. The van der Waals surface area contributed by atoms with Crippen LogP contribution >= 0.6 is 0 Å². The highest BCUT2D eigenvalue weighted by atomic mass is 19.1. The third-order valence-electron chi connectivity index (χ3n) is 3.70. The Balaban J connectivity index is 1.77. The van der Waals surface area contributed by atoms with Crippen molar-refractivity contribution < 1.29 is 4.39 Å². The van der Waals surface area contributed by atoms with Crippen molar-refractivity contribution in [3.63, 3.8) is 0 Å². The fourth-order valence-electron chi connectivity index (χ4n) is 2.48. The van der Waals surface area contributed by atoms with E-state index in [2.05, 4.69) is 25.6 Å². The third kappa shape index (κ3) is 2.85. The maximum absolute atomic E-state index is 13.1. The van der Waals surface area contributed by atoms with E-state index in [1.54, 1.807) is 10.7 Å². The molecule has 0 spiro atoms. The van der Waals surface area contributed by atoms with Crippen LogP contribution in [0.2, 0.25) is 0 Å². The number of aryl methyl sites for hydroxylation is 1. The predicted molar refractivity (Wildman–Crippen MR) is 91.9 cm³/mol. The van der Waals surface area contributed by atoms with Crippen molar-refractivity contribution in [1.29, 1.82) is 5.41 Å². The molecule has 25 heavy (non-hydrogen) atoms. The summed E-state index contributed by atoms with van der Waals surface area (Å²) in [6.07, 6.45) is 1.78. The van der Waals surface area contributed by atoms with Gasteiger partial charge in [-0.3, -0.25) is 10.5 Å². The molecule has 124 valence electrons. The summed E-state index contributed by atoms with van der Waals surface area (Å²) < 4.78 is 14.7. The van der Waals surface area contributed by atoms with Gasteiger partial charge in [0.15, 0.2) is 11.6 Å². The fraction of sp³-hybridized carbons (Fsp3) is 0.0588. The molecule has 0 atom stereocenters.